The van der Waals surface area contributed by atoms with E-state index in [1.54, 1.807) is 20.0 Å². The maximum Gasteiger partial charge on any atom is 0.310 e. The van der Waals surface area contributed by atoms with E-state index in [0.717, 1.165) is 16.9 Å². The predicted octanol–water partition coefficient (Wildman–Crippen LogP) is 3.02. The molecule has 0 amide bonds. The van der Waals surface area contributed by atoms with Gasteiger partial charge in [0, 0.05) is 17.7 Å². The van der Waals surface area contributed by atoms with Crippen LogP contribution in [0.25, 0.3) is 0 Å². The van der Waals surface area contributed by atoms with Crippen LogP contribution in [-0.4, -0.2) is 25.3 Å². The molecular formula is C13H16ClNO2. The minimum absolute atomic E-state index is 0.154. The van der Waals surface area contributed by atoms with E-state index in [9.17, 15) is 4.79 Å². The van der Waals surface area contributed by atoms with Crippen molar-refractivity contribution in [1.82, 2.24) is 0 Å². The van der Waals surface area contributed by atoms with Gasteiger partial charge < -0.3 is 4.74 Å². The van der Waals surface area contributed by atoms with Gasteiger partial charge in [-0.1, -0.05) is 23.8 Å². The smallest absolute Gasteiger partial charge is 0.310 e. The van der Waals surface area contributed by atoms with Crippen molar-refractivity contribution in [2.24, 2.45) is 4.99 Å². The molecule has 0 aromatic carbocycles. The van der Waals surface area contributed by atoms with Crippen molar-refractivity contribution in [1.29, 1.82) is 0 Å². The number of aliphatic imine (C=N–C) groups is 1. The average molecular weight is 254 g/mol. The zero-order chi connectivity index (χ0) is 12.8. The van der Waals surface area contributed by atoms with Crippen LogP contribution < -0.4 is 0 Å². The summed E-state index contributed by atoms with van der Waals surface area (Å²) in [5, 5.41) is 0.546. The molecule has 0 saturated heterocycles. The van der Waals surface area contributed by atoms with Crippen LogP contribution >= 0.6 is 11.6 Å². The van der Waals surface area contributed by atoms with Crippen molar-refractivity contribution in [3.05, 3.63) is 34.4 Å². The fourth-order valence-corrected chi connectivity index (χ4v) is 1.87. The van der Waals surface area contributed by atoms with Crippen LogP contribution in [0, 0.1) is 0 Å². The molecule has 0 atom stereocenters. The SMILES string of the molecule is C/C=C1/C=CC(Cl)=C(CC(=O)OCC)C1=NC. The lowest BCUT2D eigenvalue weighted by atomic mass is 9.94. The molecule has 0 aliphatic heterocycles. The fourth-order valence-electron chi connectivity index (χ4n) is 1.65. The van der Waals surface area contributed by atoms with Gasteiger partial charge in [-0.3, -0.25) is 9.79 Å². The molecule has 0 aromatic heterocycles. The molecular weight excluding hydrogens is 238 g/mol. The summed E-state index contributed by atoms with van der Waals surface area (Å²) in [7, 11) is 1.69. The Morgan fingerprint density at radius 1 is 1.53 bits per heavy atom. The lowest BCUT2D eigenvalue weighted by Crippen LogP contribution is -2.15. The van der Waals surface area contributed by atoms with Crippen molar-refractivity contribution < 1.29 is 9.53 Å². The molecule has 0 aromatic rings. The number of carbonyl (C=O) groups excluding carboxylic acids is 1. The first-order valence-corrected chi connectivity index (χ1v) is 5.88. The zero-order valence-electron chi connectivity index (χ0n) is 10.3. The van der Waals surface area contributed by atoms with E-state index in [0.29, 0.717) is 11.6 Å². The van der Waals surface area contributed by atoms with Gasteiger partial charge in [0.2, 0.25) is 0 Å². The van der Waals surface area contributed by atoms with E-state index >= 15 is 0 Å². The van der Waals surface area contributed by atoms with Gasteiger partial charge in [0.25, 0.3) is 0 Å². The molecule has 0 heterocycles. The molecule has 4 heteroatoms. The minimum atomic E-state index is -0.285. The van der Waals surface area contributed by atoms with Gasteiger partial charge in [-0.15, -0.1) is 0 Å². The number of nitrogens with zero attached hydrogens (tertiary/aromatic N) is 1. The Kier molecular flexibility index (Phi) is 5.16. The number of hydrogen-bond donors (Lipinski definition) is 0. The Bertz CT molecular complexity index is 431. The summed E-state index contributed by atoms with van der Waals surface area (Å²) in [5.74, 6) is -0.285. The Morgan fingerprint density at radius 2 is 2.24 bits per heavy atom. The molecule has 92 valence electrons. The van der Waals surface area contributed by atoms with Crippen LogP contribution in [0.4, 0.5) is 0 Å². The topological polar surface area (TPSA) is 38.7 Å². The number of rotatable bonds is 3. The first kappa shape index (κ1) is 13.7. The van der Waals surface area contributed by atoms with Gasteiger partial charge >= 0.3 is 5.97 Å². The Labute approximate surface area is 107 Å². The third-order valence-electron chi connectivity index (χ3n) is 2.42. The van der Waals surface area contributed by atoms with E-state index < -0.39 is 0 Å². The van der Waals surface area contributed by atoms with Crippen molar-refractivity contribution >= 4 is 23.3 Å². The minimum Gasteiger partial charge on any atom is -0.466 e. The highest BCUT2D eigenvalue weighted by molar-refractivity contribution is 6.36. The maximum absolute atomic E-state index is 11.5. The summed E-state index contributed by atoms with van der Waals surface area (Å²) in [6, 6.07) is 0. The summed E-state index contributed by atoms with van der Waals surface area (Å²) in [4.78, 5) is 15.7. The van der Waals surface area contributed by atoms with Crippen molar-refractivity contribution in [2.45, 2.75) is 20.3 Å². The predicted molar refractivity (Wildman–Crippen MR) is 70.4 cm³/mol. The molecule has 0 unspecified atom stereocenters. The second kappa shape index (κ2) is 6.40. The number of esters is 1. The average Bonchev–Trinajstić information content (AvgIpc) is 2.31. The molecule has 3 nitrogen and oxygen atoms in total. The monoisotopic (exact) mass is 253 g/mol. The second-order valence-corrected chi connectivity index (χ2v) is 3.87. The van der Waals surface area contributed by atoms with Crippen LogP contribution in [0.5, 0.6) is 0 Å². The van der Waals surface area contributed by atoms with Crippen LogP contribution in [0.2, 0.25) is 0 Å². The third kappa shape index (κ3) is 3.30. The van der Waals surface area contributed by atoms with E-state index in [2.05, 4.69) is 4.99 Å². The molecule has 1 rings (SSSR count). The number of carbonyl (C=O) groups is 1. The summed E-state index contributed by atoms with van der Waals surface area (Å²) >= 11 is 6.10. The molecule has 1 aliphatic carbocycles. The molecule has 0 N–H and O–H groups in total. The lowest BCUT2D eigenvalue weighted by molar-refractivity contribution is -0.142. The molecule has 0 bridgehead atoms. The number of allylic oxidation sites excluding steroid dienone is 5. The van der Waals surface area contributed by atoms with Gasteiger partial charge in [0.05, 0.1) is 18.7 Å². The van der Waals surface area contributed by atoms with Crippen molar-refractivity contribution in [2.75, 3.05) is 13.7 Å². The lowest BCUT2D eigenvalue weighted by Gasteiger charge is -2.16. The summed E-state index contributed by atoms with van der Waals surface area (Å²) < 4.78 is 4.92. The van der Waals surface area contributed by atoms with Crippen molar-refractivity contribution in [3.63, 3.8) is 0 Å². The van der Waals surface area contributed by atoms with Crippen LogP contribution in [0.3, 0.4) is 0 Å². The molecule has 0 fully saturated rings. The Morgan fingerprint density at radius 3 is 2.76 bits per heavy atom. The normalized spacial score (nSPS) is 20.2. The first-order valence-electron chi connectivity index (χ1n) is 5.50. The van der Waals surface area contributed by atoms with Gasteiger partial charge in [0.1, 0.15) is 0 Å². The Hall–Kier alpha value is -1.35. The van der Waals surface area contributed by atoms with Gasteiger partial charge in [-0.05, 0) is 25.5 Å². The summed E-state index contributed by atoms with van der Waals surface area (Å²) in [5.41, 5.74) is 2.45. The fraction of sp³-hybridized carbons (Fsp3) is 0.385. The van der Waals surface area contributed by atoms with Gasteiger partial charge in [-0.2, -0.15) is 0 Å². The highest BCUT2D eigenvalue weighted by atomic mass is 35.5. The molecule has 17 heavy (non-hydrogen) atoms. The standard InChI is InChI=1S/C13H16ClNO2/c1-4-9-6-7-11(14)10(13(9)15-3)8-12(16)17-5-2/h4,6-7H,5,8H2,1-3H3/b9-4-,15-13?. The van der Waals surface area contributed by atoms with Crippen molar-refractivity contribution in [3.8, 4) is 0 Å². The first-order chi connectivity index (χ1) is 8.13. The maximum atomic E-state index is 11.5. The number of halogens is 1. The number of hydrogen-bond acceptors (Lipinski definition) is 3. The largest absolute Gasteiger partial charge is 0.466 e. The quantitative estimate of drug-likeness (QED) is 0.726. The van der Waals surface area contributed by atoms with E-state index in [4.69, 9.17) is 16.3 Å². The Balaban J connectivity index is 3.01. The van der Waals surface area contributed by atoms with Crippen LogP contribution in [-0.2, 0) is 9.53 Å². The van der Waals surface area contributed by atoms with Gasteiger partial charge in [0.15, 0.2) is 0 Å². The van der Waals surface area contributed by atoms with E-state index in [1.807, 2.05) is 19.1 Å². The molecule has 1 aliphatic rings. The number of ether oxygens (including phenoxy) is 1. The van der Waals surface area contributed by atoms with E-state index in [1.165, 1.54) is 0 Å². The van der Waals surface area contributed by atoms with Gasteiger partial charge in [-0.25, -0.2) is 0 Å². The summed E-state index contributed by atoms with van der Waals surface area (Å²) in [6.45, 7) is 4.07. The summed E-state index contributed by atoms with van der Waals surface area (Å²) in [6.07, 6.45) is 5.76. The third-order valence-corrected chi connectivity index (χ3v) is 2.77. The molecule has 0 saturated carbocycles. The molecule has 0 radical (unpaired) electrons. The van der Waals surface area contributed by atoms with Crippen LogP contribution in [0.15, 0.2) is 39.4 Å². The zero-order valence-corrected chi connectivity index (χ0v) is 11.0. The second-order valence-electron chi connectivity index (χ2n) is 3.46. The van der Waals surface area contributed by atoms with Crippen LogP contribution in [0.1, 0.15) is 20.3 Å². The van der Waals surface area contributed by atoms with E-state index in [-0.39, 0.29) is 12.4 Å². The highest BCUT2D eigenvalue weighted by Gasteiger charge is 2.20. The highest BCUT2D eigenvalue weighted by Crippen LogP contribution is 2.26. The molecule has 0 spiro atoms.